The summed E-state index contributed by atoms with van der Waals surface area (Å²) in [7, 11) is 1.71. The summed E-state index contributed by atoms with van der Waals surface area (Å²) >= 11 is 0. The van der Waals surface area contributed by atoms with Crippen LogP contribution in [0.1, 0.15) is 36.9 Å². The maximum absolute atomic E-state index is 6.28. The van der Waals surface area contributed by atoms with Gasteiger partial charge in [-0.1, -0.05) is 19.1 Å². The lowest BCUT2D eigenvalue weighted by molar-refractivity contribution is 0.248. The molecule has 0 radical (unpaired) electrons. The van der Waals surface area contributed by atoms with Crippen molar-refractivity contribution in [1.29, 1.82) is 0 Å². The van der Waals surface area contributed by atoms with Gasteiger partial charge in [0.15, 0.2) is 0 Å². The Morgan fingerprint density at radius 3 is 2.83 bits per heavy atom. The predicted molar refractivity (Wildman–Crippen MR) is 74.9 cm³/mol. The van der Waals surface area contributed by atoms with Gasteiger partial charge < -0.3 is 10.5 Å². The molecule has 1 heterocycles. The van der Waals surface area contributed by atoms with Crippen molar-refractivity contribution >= 4 is 0 Å². The van der Waals surface area contributed by atoms with Crippen LogP contribution in [-0.2, 0) is 0 Å². The van der Waals surface area contributed by atoms with Crippen molar-refractivity contribution in [1.82, 2.24) is 4.90 Å². The molecule has 3 heteroatoms. The smallest absolute Gasteiger partial charge is 0.121 e. The maximum Gasteiger partial charge on any atom is 0.121 e. The first-order chi connectivity index (χ1) is 8.67. The van der Waals surface area contributed by atoms with Crippen molar-refractivity contribution in [2.75, 3.05) is 20.2 Å². The van der Waals surface area contributed by atoms with E-state index in [1.165, 1.54) is 17.5 Å². The largest absolute Gasteiger partial charge is 0.496 e. The van der Waals surface area contributed by atoms with E-state index in [1.54, 1.807) is 7.11 Å². The Kier molecular flexibility index (Phi) is 4.25. The first kappa shape index (κ1) is 13.4. The number of likely N-dealkylation sites (tertiary alicyclic amines) is 1. The first-order valence-corrected chi connectivity index (χ1v) is 6.81. The molecule has 18 heavy (non-hydrogen) atoms. The molecule has 1 aliphatic rings. The predicted octanol–water partition coefficient (Wildman–Crippen LogP) is 2.49. The molecule has 3 nitrogen and oxygen atoms in total. The molecule has 1 aromatic carbocycles. The Bertz CT molecular complexity index is 403. The van der Waals surface area contributed by atoms with Gasteiger partial charge in [0.25, 0.3) is 0 Å². The van der Waals surface area contributed by atoms with Crippen molar-refractivity contribution in [2.45, 2.75) is 38.8 Å². The lowest BCUT2D eigenvalue weighted by Gasteiger charge is -2.27. The summed E-state index contributed by atoms with van der Waals surface area (Å²) in [5.74, 6) is 0.951. The van der Waals surface area contributed by atoms with Crippen LogP contribution in [0.5, 0.6) is 5.75 Å². The molecular formula is C15H24N2O. The minimum atomic E-state index is 0.254. The van der Waals surface area contributed by atoms with Crippen LogP contribution >= 0.6 is 0 Å². The van der Waals surface area contributed by atoms with E-state index in [9.17, 15) is 0 Å². The first-order valence-electron chi connectivity index (χ1n) is 6.81. The van der Waals surface area contributed by atoms with E-state index >= 15 is 0 Å². The van der Waals surface area contributed by atoms with Gasteiger partial charge in [-0.2, -0.15) is 0 Å². The van der Waals surface area contributed by atoms with Gasteiger partial charge in [0.05, 0.1) is 7.11 Å². The zero-order valence-corrected chi connectivity index (χ0v) is 11.6. The molecule has 2 N–H and O–H groups in total. The molecule has 2 unspecified atom stereocenters. The molecule has 0 amide bonds. The van der Waals surface area contributed by atoms with Gasteiger partial charge in [-0.3, -0.25) is 4.90 Å². The highest BCUT2D eigenvalue weighted by atomic mass is 16.5. The lowest BCUT2D eigenvalue weighted by atomic mass is 9.98. The van der Waals surface area contributed by atoms with Gasteiger partial charge in [0.2, 0.25) is 0 Å². The van der Waals surface area contributed by atoms with E-state index in [4.69, 9.17) is 10.5 Å². The summed E-state index contributed by atoms with van der Waals surface area (Å²) in [6, 6.07) is 7.06. The third-order valence-corrected chi connectivity index (χ3v) is 3.82. The molecular weight excluding hydrogens is 224 g/mol. The Morgan fingerprint density at radius 2 is 2.22 bits per heavy atom. The highest BCUT2D eigenvalue weighted by molar-refractivity contribution is 5.38. The number of benzene rings is 1. The van der Waals surface area contributed by atoms with Gasteiger partial charge in [-0.25, -0.2) is 0 Å². The minimum absolute atomic E-state index is 0.254. The van der Waals surface area contributed by atoms with Gasteiger partial charge in [0.1, 0.15) is 5.75 Å². The number of hydrogen-bond acceptors (Lipinski definition) is 3. The SMILES string of the molecule is CCCN1CCC(N)C1c1ccc(OC)c(C)c1. The van der Waals surface area contributed by atoms with Crippen molar-refractivity contribution in [3.8, 4) is 5.75 Å². The molecule has 0 bridgehead atoms. The minimum Gasteiger partial charge on any atom is -0.496 e. The normalized spacial score (nSPS) is 24.4. The molecule has 2 rings (SSSR count). The Morgan fingerprint density at radius 1 is 1.44 bits per heavy atom. The van der Waals surface area contributed by atoms with Crippen molar-refractivity contribution < 1.29 is 4.74 Å². The highest BCUT2D eigenvalue weighted by Crippen LogP contribution is 2.33. The summed E-state index contributed by atoms with van der Waals surface area (Å²) in [6.45, 7) is 6.56. The molecule has 1 aliphatic heterocycles. The number of rotatable bonds is 4. The molecule has 1 fully saturated rings. The second kappa shape index (κ2) is 5.72. The van der Waals surface area contributed by atoms with Crippen LogP contribution in [0.25, 0.3) is 0 Å². The van der Waals surface area contributed by atoms with E-state index in [-0.39, 0.29) is 6.04 Å². The fraction of sp³-hybridized carbons (Fsp3) is 0.600. The third kappa shape index (κ3) is 2.52. The maximum atomic E-state index is 6.28. The number of nitrogens with zero attached hydrogens (tertiary/aromatic N) is 1. The molecule has 100 valence electrons. The number of hydrogen-bond donors (Lipinski definition) is 1. The molecule has 0 aromatic heterocycles. The van der Waals surface area contributed by atoms with Crippen LogP contribution in [0.2, 0.25) is 0 Å². The van der Waals surface area contributed by atoms with Crippen molar-refractivity contribution in [3.63, 3.8) is 0 Å². The molecule has 0 saturated carbocycles. The van der Waals surface area contributed by atoms with E-state index in [0.717, 1.165) is 25.3 Å². The molecule has 2 atom stereocenters. The third-order valence-electron chi connectivity index (χ3n) is 3.82. The quantitative estimate of drug-likeness (QED) is 0.889. The van der Waals surface area contributed by atoms with Gasteiger partial charge in [0, 0.05) is 18.6 Å². The molecule has 0 spiro atoms. The van der Waals surface area contributed by atoms with Gasteiger partial charge in [-0.05, 0) is 43.5 Å². The van der Waals surface area contributed by atoms with Gasteiger partial charge in [-0.15, -0.1) is 0 Å². The fourth-order valence-corrected chi connectivity index (χ4v) is 2.96. The number of ether oxygens (including phenoxy) is 1. The second-order valence-corrected chi connectivity index (χ2v) is 5.16. The second-order valence-electron chi connectivity index (χ2n) is 5.16. The summed E-state index contributed by atoms with van der Waals surface area (Å²) in [5, 5.41) is 0. The molecule has 0 aliphatic carbocycles. The molecule has 1 saturated heterocycles. The zero-order chi connectivity index (χ0) is 13.1. The van der Waals surface area contributed by atoms with Crippen LogP contribution in [0.15, 0.2) is 18.2 Å². The topological polar surface area (TPSA) is 38.5 Å². The van der Waals surface area contributed by atoms with Crippen LogP contribution in [-0.4, -0.2) is 31.1 Å². The average molecular weight is 248 g/mol. The fourth-order valence-electron chi connectivity index (χ4n) is 2.96. The van der Waals surface area contributed by atoms with E-state index < -0.39 is 0 Å². The van der Waals surface area contributed by atoms with Crippen LogP contribution in [0, 0.1) is 6.92 Å². The summed E-state index contributed by atoms with van der Waals surface area (Å²) in [6.07, 6.45) is 2.27. The summed E-state index contributed by atoms with van der Waals surface area (Å²) in [4.78, 5) is 2.51. The molecule has 1 aromatic rings. The van der Waals surface area contributed by atoms with E-state index in [2.05, 4.69) is 36.9 Å². The monoisotopic (exact) mass is 248 g/mol. The summed E-state index contributed by atoms with van der Waals surface area (Å²) < 4.78 is 5.32. The van der Waals surface area contributed by atoms with Crippen LogP contribution in [0.4, 0.5) is 0 Å². The lowest BCUT2D eigenvalue weighted by Crippen LogP contribution is -2.32. The van der Waals surface area contributed by atoms with E-state index in [1.807, 2.05) is 0 Å². The Balaban J connectivity index is 2.25. The number of methoxy groups -OCH3 is 1. The number of aryl methyl sites for hydroxylation is 1. The average Bonchev–Trinajstić information content (AvgIpc) is 2.71. The van der Waals surface area contributed by atoms with Crippen LogP contribution < -0.4 is 10.5 Å². The Hall–Kier alpha value is -1.06. The van der Waals surface area contributed by atoms with Crippen LogP contribution in [0.3, 0.4) is 0 Å². The highest BCUT2D eigenvalue weighted by Gasteiger charge is 2.32. The zero-order valence-electron chi connectivity index (χ0n) is 11.6. The Labute approximate surface area is 110 Å². The standard InChI is InChI=1S/C15H24N2O/c1-4-8-17-9-7-13(16)15(17)12-5-6-14(18-3)11(2)10-12/h5-6,10,13,15H,4,7-9,16H2,1-3H3. The number of nitrogens with two attached hydrogens (primary N) is 1. The van der Waals surface area contributed by atoms with Crippen molar-refractivity contribution in [3.05, 3.63) is 29.3 Å². The van der Waals surface area contributed by atoms with Gasteiger partial charge >= 0.3 is 0 Å². The summed E-state index contributed by atoms with van der Waals surface area (Å²) in [5.41, 5.74) is 8.79. The van der Waals surface area contributed by atoms with E-state index in [0.29, 0.717) is 6.04 Å². The van der Waals surface area contributed by atoms with Crippen molar-refractivity contribution in [2.24, 2.45) is 5.73 Å².